The summed E-state index contributed by atoms with van der Waals surface area (Å²) in [5.41, 5.74) is 3.64. The van der Waals surface area contributed by atoms with Crippen LogP contribution in [0, 0.1) is 0 Å². The van der Waals surface area contributed by atoms with E-state index < -0.39 is 17.8 Å². The maximum absolute atomic E-state index is 12.1. The number of carbonyl (C=O) groups is 3. The quantitative estimate of drug-likeness (QED) is 0.508. The maximum Gasteiger partial charge on any atom is 0.332 e. The Morgan fingerprint density at radius 3 is 2.30 bits per heavy atom. The van der Waals surface area contributed by atoms with Crippen LogP contribution in [0.1, 0.15) is 34.6 Å². The number of nitrogens with zero attached hydrogens (tertiary/aromatic N) is 1. The van der Waals surface area contributed by atoms with Crippen LogP contribution in [0.5, 0.6) is 0 Å². The number of carbonyl (C=O) groups excluding carboxylic acids is 3. The predicted octanol–water partition coefficient (Wildman–Crippen LogP) is 1.25. The van der Waals surface area contributed by atoms with Gasteiger partial charge in [0.1, 0.15) is 0 Å². The number of hydrogen-bond acceptors (Lipinski definition) is 5. The molecule has 0 bridgehead atoms. The van der Waals surface area contributed by atoms with Gasteiger partial charge in [0.05, 0.1) is 17.7 Å². The monoisotopic (exact) mass is 274 g/mol. The molecule has 1 aromatic carbocycles. The number of fused-ring (bicyclic) bond motifs is 1. The number of nitrogens with one attached hydrogen (secondary N) is 1. The van der Waals surface area contributed by atoms with Crippen LogP contribution < -0.4 is 5.43 Å². The lowest BCUT2D eigenvalue weighted by molar-refractivity contribution is -0.137. The van der Waals surface area contributed by atoms with Crippen LogP contribution in [0.4, 0.5) is 0 Å². The zero-order chi connectivity index (χ0) is 14.7. The summed E-state index contributed by atoms with van der Waals surface area (Å²) in [6.07, 6.45) is 1.19. The van der Waals surface area contributed by atoms with E-state index in [1.165, 1.54) is 6.08 Å². The summed E-state index contributed by atoms with van der Waals surface area (Å²) >= 11 is 0. The molecule has 2 rings (SSSR count). The van der Waals surface area contributed by atoms with Gasteiger partial charge < -0.3 is 4.74 Å². The van der Waals surface area contributed by atoms with Crippen LogP contribution >= 0.6 is 0 Å². The number of ether oxygens (including phenoxy) is 1. The number of allylic oxidation sites excluding steroid dienone is 1. The van der Waals surface area contributed by atoms with Gasteiger partial charge in [-0.05, 0) is 26.0 Å². The molecule has 0 spiro atoms. The van der Waals surface area contributed by atoms with Crippen molar-refractivity contribution in [3.8, 4) is 0 Å². The summed E-state index contributed by atoms with van der Waals surface area (Å²) < 4.78 is 4.75. The van der Waals surface area contributed by atoms with Gasteiger partial charge >= 0.3 is 5.97 Å². The van der Waals surface area contributed by atoms with Crippen molar-refractivity contribution in [2.45, 2.75) is 13.8 Å². The first-order valence-corrected chi connectivity index (χ1v) is 6.14. The fraction of sp³-hybridized carbons (Fsp3) is 0.214. The van der Waals surface area contributed by atoms with Crippen LogP contribution in [0.25, 0.3) is 0 Å². The Bertz CT molecular complexity index is 572. The number of esters is 1. The lowest BCUT2D eigenvalue weighted by atomic mass is 10.1. The van der Waals surface area contributed by atoms with Crippen molar-refractivity contribution in [1.82, 2.24) is 10.4 Å². The number of imide groups is 1. The highest BCUT2D eigenvalue weighted by atomic mass is 16.5. The van der Waals surface area contributed by atoms with Gasteiger partial charge in [0.25, 0.3) is 11.8 Å². The minimum Gasteiger partial charge on any atom is -0.463 e. The molecule has 1 N–H and O–H groups in total. The molecule has 1 aliphatic rings. The number of hydrazine groups is 1. The highest BCUT2D eigenvalue weighted by Crippen LogP contribution is 2.21. The van der Waals surface area contributed by atoms with Gasteiger partial charge in [0.2, 0.25) is 0 Å². The average molecular weight is 274 g/mol. The van der Waals surface area contributed by atoms with E-state index in [-0.39, 0.29) is 6.61 Å². The zero-order valence-electron chi connectivity index (χ0n) is 11.2. The van der Waals surface area contributed by atoms with Gasteiger partial charge in [-0.2, -0.15) is 5.01 Å². The average Bonchev–Trinajstić information content (AvgIpc) is 2.65. The zero-order valence-corrected chi connectivity index (χ0v) is 11.2. The molecular formula is C14H14N2O4. The van der Waals surface area contributed by atoms with Crippen molar-refractivity contribution in [3.05, 3.63) is 47.2 Å². The molecule has 0 radical (unpaired) electrons. The smallest absolute Gasteiger partial charge is 0.332 e. The molecular weight excluding hydrogens is 260 g/mol. The molecule has 1 aromatic rings. The molecule has 0 saturated heterocycles. The molecule has 0 unspecified atom stereocenters. The second kappa shape index (κ2) is 5.56. The van der Waals surface area contributed by atoms with Crippen LogP contribution in [0.2, 0.25) is 0 Å². The Kier molecular flexibility index (Phi) is 3.84. The minimum atomic E-state index is -0.533. The van der Waals surface area contributed by atoms with Crippen molar-refractivity contribution in [3.63, 3.8) is 0 Å². The van der Waals surface area contributed by atoms with Crippen molar-refractivity contribution >= 4 is 17.8 Å². The summed E-state index contributed by atoms with van der Waals surface area (Å²) in [7, 11) is 0. The number of benzene rings is 1. The van der Waals surface area contributed by atoms with Gasteiger partial charge in [0, 0.05) is 11.8 Å². The molecule has 6 nitrogen and oxygen atoms in total. The third-order valence-electron chi connectivity index (χ3n) is 2.70. The highest BCUT2D eigenvalue weighted by molar-refractivity contribution is 6.21. The Labute approximate surface area is 116 Å². The Hall–Kier alpha value is -2.63. The van der Waals surface area contributed by atoms with E-state index in [9.17, 15) is 14.4 Å². The van der Waals surface area contributed by atoms with E-state index in [1.54, 1.807) is 38.1 Å². The highest BCUT2D eigenvalue weighted by Gasteiger charge is 2.35. The van der Waals surface area contributed by atoms with E-state index in [0.29, 0.717) is 16.8 Å². The molecule has 6 heteroatoms. The predicted molar refractivity (Wildman–Crippen MR) is 70.5 cm³/mol. The fourth-order valence-corrected chi connectivity index (χ4v) is 1.86. The molecule has 0 fully saturated rings. The van der Waals surface area contributed by atoms with Crippen molar-refractivity contribution in [1.29, 1.82) is 0 Å². The van der Waals surface area contributed by atoms with E-state index in [4.69, 9.17) is 4.74 Å². The van der Waals surface area contributed by atoms with Gasteiger partial charge in [-0.25, -0.2) is 4.79 Å². The molecule has 20 heavy (non-hydrogen) atoms. The second-order valence-electron chi connectivity index (χ2n) is 4.18. The van der Waals surface area contributed by atoms with Crippen molar-refractivity contribution in [2.24, 2.45) is 0 Å². The maximum atomic E-state index is 12.1. The van der Waals surface area contributed by atoms with Crippen LogP contribution in [-0.2, 0) is 9.53 Å². The first kappa shape index (κ1) is 13.8. The lowest BCUT2D eigenvalue weighted by Gasteiger charge is -2.16. The third kappa shape index (κ3) is 2.54. The molecule has 1 heterocycles. The Morgan fingerprint density at radius 1 is 1.25 bits per heavy atom. The summed E-state index contributed by atoms with van der Waals surface area (Å²) in [4.78, 5) is 35.4. The van der Waals surface area contributed by atoms with Crippen LogP contribution in [0.3, 0.4) is 0 Å². The molecule has 104 valence electrons. The molecule has 2 amide bonds. The summed E-state index contributed by atoms with van der Waals surface area (Å²) in [5.74, 6) is -1.42. The Morgan fingerprint density at radius 2 is 1.80 bits per heavy atom. The molecule has 0 aliphatic carbocycles. The van der Waals surface area contributed by atoms with E-state index in [1.807, 2.05) is 0 Å². The minimum absolute atomic E-state index is 0.260. The molecule has 0 aromatic heterocycles. The number of rotatable bonds is 4. The standard InChI is InChI=1S/C14H14N2O4/c1-3-20-12(17)8-9(2)15-16-13(18)10-6-4-5-7-11(10)14(16)19/h4-8,15H,3H2,1-2H3/b9-8-. The molecule has 0 atom stereocenters. The summed E-state index contributed by atoms with van der Waals surface area (Å²) in [5, 5.41) is 0.885. The largest absolute Gasteiger partial charge is 0.463 e. The van der Waals surface area contributed by atoms with E-state index in [2.05, 4.69) is 5.43 Å². The number of amides is 2. The number of hydrogen-bond donors (Lipinski definition) is 1. The van der Waals surface area contributed by atoms with Gasteiger partial charge in [-0.3, -0.25) is 15.0 Å². The molecule has 1 aliphatic heterocycles. The Balaban J connectivity index is 2.15. The summed E-state index contributed by atoms with van der Waals surface area (Å²) in [6, 6.07) is 6.55. The van der Waals surface area contributed by atoms with Gasteiger partial charge in [-0.1, -0.05) is 12.1 Å². The topological polar surface area (TPSA) is 75.7 Å². The fourth-order valence-electron chi connectivity index (χ4n) is 1.86. The van der Waals surface area contributed by atoms with Crippen LogP contribution in [-0.4, -0.2) is 29.4 Å². The third-order valence-corrected chi connectivity index (χ3v) is 2.70. The molecule has 0 saturated carbocycles. The van der Waals surface area contributed by atoms with Crippen LogP contribution in [0.15, 0.2) is 36.0 Å². The SMILES string of the molecule is CCOC(=O)/C=C(/C)NN1C(=O)c2ccccc2C1=O. The van der Waals surface area contributed by atoms with Gasteiger partial charge in [0.15, 0.2) is 0 Å². The van der Waals surface area contributed by atoms with Crippen molar-refractivity contribution < 1.29 is 19.1 Å². The van der Waals surface area contributed by atoms with Gasteiger partial charge in [-0.15, -0.1) is 0 Å². The van der Waals surface area contributed by atoms with Crippen molar-refractivity contribution in [2.75, 3.05) is 6.61 Å². The first-order valence-electron chi connectivity index (χ1n) is 6.14. The van der Waals surface area contributed by atoms with E-state index >= 15 is 0 Å². The normalized spacial score (nSPS) is 14.3. The second-order valence-corrected chi connectivity index (χ2v) is 4.18. The first-order chi connectivity index (χ1) is 9.54. The lowest BCUT2D eigenvalue weighted by Crippen LogP contribution is -2.41. The summed E-state index contributed by atoms with van der Waals surface area (Å²) in [6.45, 7) is 3.52. The van der Waals surface area contributed by atoms with E-state index in [0.717, 1.165) is 5.01 Å².